The number of rotatable bonds is 4. The molecular formula is C17H11ClF3NO3. The fourth-order valence-corrected chi connectivity index (χ4v) is 2.42. The first-order chi connectivity index (χ1) is 11.8. The maximum atomic E-state index is 12.8. The number of benzene rings is 2. The standard InChI is InChI=1S/C17H11ClF3NO3/c18-13-3-2-11(8-12(13)17(19,20)21)22-6-5-14(23)10-1-4-15-16(7-10)25-9-24-15/h1-8,22H,9H2. The Balaban J connectivity index is 1.70. The number of hydrogen-bond donors (Lipinski definition) is 1. The van der Waals surface area contributed by atoms with Gasteiger partial charge >= 0.3 is 6.18 Å². The summed E-state index contributed by atoms with van der Waals surface area (Å²) < 4.78 is 48.7. The number of allylic oxidation sites excluding steroid dienone is 1. The Bertz CT molecular complexity index is 850. The first-order valence-electron chi connectivity index (χ1n) is 7.08. The molecule has 0 atom stereocenters. The zero-order chi connectivity index (χ0) is 18.0. The van der Waals surface area contributed by atoms with E-state index >= 15 is 0 Å². The summed E-state index contributed by atoms with van der Waals surface area (Å²) in [7, 11) is 0. The van der Waals surface area contributed by atoms with E-state index in [1.54, 1.807) is 18.2 Å². The molecule has 0 aromatic heterocycles. The fraction of sp³-hybridized carbons (Fsp3) is 0.118. The first-order valence-corrected chi connectivity index (χ1v) is 7.46. The van der Waals surface area contributed by atoms with Gasteiger partial charge in [0.15, 0.2) is 17.3 Å². The lowest BCUT2D eigenvalue weighted by Crippen LogP contribution is -2.06. The number of nitrogens with one attached hydrogen (secondary N) is 1. The van der Waals surface area contributed by atoms with Crippen molar-refractivity contribution < 1.29 is 27.4 Å². The maximum absolute atomic E-state index is 12.8. The van der Waals surface area contributed by atoms with Gasteiger partial charge in [-0.15, -0.1) is 0 Å². The number of anilines is 1. The van der Waals surface area contributed by atoms with Crippen LogP contribution in [0.2, 0.25) is 5.02 Å². The molecule has 1 N–H and O–H groups in total. The molecule has 2 aromatic rings. The van der Waals surface area contributed by atoms with Crippen LogP contribution in [0, 0.1) is 0 Å². The largest absolute Gasteiger partial charge is 0.454 e. The van der Waals surface area contributed by atoms with E-state index in [-0.39, 0.29) is 18.3 Å². The summed E-state index contributed by atoms with van der Waals surface area (Å²) in [6.07, 6.45) is -2.09. The van der Waals surface area contributed by atoms with E-state index in [9.17, 15) is 18.0 Å². The minimum absolute atomic E-state index is 0.0997. The molecule has 0 unspecified atom stereocenters. The molecule has 0 fully saturated rings. The highest BCUT2D eigenvalue weighted by molar-refractivity contribution is 6.31. The van der Waals surface area contributed by atoms with E-state index in [0.29, 0.717) is 17.1 Å². The summed E-state index contributed by atoms with van der Waals surface area (Å²) in [5.74, 6) is 0.690. The highest BCUT2D eigenvalue weighted by Gasteiger charge is 2.33. The number of carbonyl (C=O) groups is 1. The van der Waals surface area contributed by atoms with Crippen molar-refractivity contribution >= 4 is 23.1 Å². The van der Waals surface area contributed by atoms with E-state index in [0.717, 1.165) is 12.1 Å². The van der Waals surface area contributed by atoms with Crippen LogP contribution in [0.1, 0.15) is 15.9 Å². The first kappa shape index (κ1) is 17.2. The molecule has 1 heterocycles. The number of hydrogen-bond acceptors (Lipinski definition) is 4. The molecule has 0 saturated heterocycles. The lowest BCUT2D eigenvalue weighted by molar-refractivity contribution is -0.137. The molecule has 0 radical (unpaired) electrons. The Morgan fingerprint density at radius 2 is 1.88 bits per heavy atom. The number of alkyl halides is 3. The van der Waals surface area contributed by atoms with Gasteiger partial charge in [-0.3, -0.25) is 4.79 Å². The average Bonchev–Trinajstić information content (AvgIpc) is 3.02. The molecule has 0 saturated carbocycles. The Hall–Kier alpha value is -2.67. The fourth-order valence-electron chi connectivity index (χ4n) is 2.19. The van der Waals surface area contributed by atoms with Crippen LogP contribution in [-0.2, 0) is 6.18 Å². The zero-order valence-electron chi connectivity index (χ0n) is 12.6. The van der Waals surface area contributed by atoms with Crippen molar-refractivity contribution in [2.45, 2.75) is 6.18 Å². The van der Waals surface area contributed by atoms with Crippen LogP contribution >= 0.6 is 11.6 Å². The minimum atomic E-state index is -4.55. The van der Waals surface area contributed by atoms with Crippen LogP contribution in [0.15, 0.2) is 48.7 Å². The Kier molecular flexibility index (Phi) is 4.59. The highest BCUT2D eigenvalue weighted by atomic mass is 35.5. The van der Waals surface area contributed by atoms with Crippen LogP contribution in [0.5, 0.6) is 11.5 Å². The van der Waals surface area contributed by atoms with Gasteiger partial charge in [0, 0.05) is 23.5 Å². The Morgan fingerprint density at radius 3 is 2.64 bits per heavy atom. The molecule has 0 spiro atoms. The lowest BCUT2D eigenvalue weighted by Gasteiger charge is -2.10. The molecule has 3 rings (SSSR count). The molecule has 8 heteroatoms. The Labute approximate surface area is 145 Å². The second-order valence-corrected chi connectivity index (χ2v) is 5.51. The summed E-state index contributed by atoms with van der Waals surface area (Å²) in [4.78, 5) is 12.1. The van der Waals surface area contributed by atoms with E-state index < -0.39 is 16.8 Å². The van der Waals surface area contributed by atoms with Crippen LogP contribution in [0.25, 0.3) is 0 Å². The molecule has 4 nitrogen and oxygen atoms in total. The van der Waals surface area contributed by atoms with Gasteiger partial charge in [-0.1, -0.05) is 11.6 Å². The summed E-state index contributed by atoms with van der Waals surface area (Å²) in [5, 5.41) is 2.23. The SMILES string of the molecule is O=C(C=CNc1ccc(Cl)c(C(F)(F)F)c1)c1ccc2c(c1)OCO2. The Morgan fingerprint density at radius 1 is 1.12 bits per heavy atom. The van der Waals surface area contributed by atoms with Gasteiger partial charge in [0.25, 0.3) is 0 Å². The number of ketones is 1. The predicted octanol–water partition coefficient (Wildman–Crippen LogP) is 4.90. The van der Waals surface area contributed by atoms with E-state index in [1.807, 2.05) is 0 Å². The molecule has 2 aromatic carbocycles. The molecule has 1 aliphatic heterocycles. The van der Waals surface area contributed by atoms with Gasteiger partial charge in [0.1, 0.15) is 0 Å². The quantitative estimate of drug-likeness (QED) is 0.615. The second-order valence-electron chi connectivity index (χ2n) is 5.10. The van der Waals surface area contributed by atoms with E-state index in [2.05, 4.69) is 5.32 Å². The molecular weight excluding hydrogens is 359 g/mol. The number of carbonyl (C=O) groups excluding carboxylic acids is 1. The third-order valence-corrected chi connectivity index (χ3v) is 3.74. The van der Waals surface area contributed by atoms with Gasteiger partial charge in [0.05, 0.1) is 10.6 Å². The number of ether oxygens (including phenoxy) is 2. The third-order valence-electron chi connectivity index (χ3n) is 3.41. The highest BCUT2D eigenvalue weighted by Crippen LogP contribution is 2.36. The zero-order valence-corrected chi connectivity index (χ0v) is 13.3. The number of fused-ring (bicyclic) bond motifs is 1. The molecule has 130 valence electrons. The molecule has 25 heavy (non-hydrogen) atoms. The van der Waals surface area contributed by atoms with Crippen LogP contribution in [0.4, 0.5) is 18.9 Å². The summed E-state index contributed by atoms with van der Waals surface area (Å²) in [6, 6.07) is 8.12. The van der Waals surface area contributed by atoms with Gasteiger partial charge < -0.3 is 14.8 Å². The van der Waals surface area contributed by atoms with Crippen LogP contribution < -0.4 is 14.8 Å². The summed E-state index contributed by atoms with van der Waals surface area (Å²) in [6.45, 7) is 0.0997. The third kappa shape index (κ3) is 3.88. The van der Waals surface area contributed by atoms with E-state index in [1.165, 1.54) is 18.3 Å². The average molecular weight is 370 g/mol. The van der Waals surface area contributed by atoms with Crippen LogP contribution in [0.3, 0.4) is 0 Å². The molecule has 1 aliphatic rings. The maximum Gasteiger partial charge on any atom is 0.417 e. The second kappa shape index (κ2) is 6.68. The summed E-state index contributed by atoms with van der Waals surface area (Å²) >= 11 is 5.55. The van der Waals surface area contributed by atoms with Crippen molar-refractivity contribution in [3.63, 3.8) is 0 Å². The van der Waals surface area contributed by atoms with Crippen molar-refractivity contribution in [3.05, 3.63) is 64.8 Å². The van der Waals surface area contributed by atoms with Crippen molar-refractivity contribution in [1.29, 1.82) is 0 Å². The van der Waals surface area contributed by atoms with Crippen LogP contribution in [-0.4, -0.2) is 12.6 Å². The smallest absolute Gasteiger partial charge is 0.417 e. The normalized spacial score (nSPS) is 13.3. The van der Waals surface area contributed by atoms with Gasteiger partial charge in [-0.2, -0.15) is 13.2 Å². The van der Waals surface area contributed by atoms with Gasteiger partial charge in [0.2, 0.25) is 6.79 Å². The van der Waals surface area contributed by atoms with Crippen molar-refractivity contribution in [1.82, 2.24) is 0 Å². The molecule has 0 aliphatic carbocycles. The van der Waals surface area contributed by atoms with Crippen molar-refractivity contribution in [2.24, 2.45) is 0 Å². The van der Waals surface area contributed by atoms with Gasteiger partial charge in [-0.25, -0.2) is 0 Å². The summed E-state index contributed by atoms with van der Waals surface area (Å²) in [5.41, 5.74) is -0.421. The van der Waals surface area contributed by atoms with E-state index in [4.69, 9.17) is 21.1 Å². The molecule has 0 bridgehead atoms. The van der Waals surface area contributed by atoms with Crippen molar-refractivity contribution in [3.8, 4) is 11.5 Å². The topological polar surface area (TPSA) is 47.6 Å². The monoisotopic (exact) mass is 369 g/mol. The lowest BCUT2D eigenvalue weighted by atomic mass is 10.1. The molecule has 0 amide bonds. The predicted molar refractivity (Wildman–Crippen MR) is 86.1 cm³/mol. The number of halogens is 4. The van der Waals surface area contributed by atoms with Gasteiger partial charge in [-0.05, 0) is 36.4 Å². The minimum Gasteiger partial charge on any atom is -0.454 e. The van der Waals surface area contributed by atoms with Crippen molar-refractivity contribution in [2.75, 3.05) is 12.1 Å².